The van der Waals surface area contributed by atoms with Crippen LogP contribution in [0.25, 0.3) is 0 Å². The number of unbranched alkanes of at least 4 members (excludes halogenated alkanes) is 13. The standard InChI is InChI=1S/C22H39O6P.2K/c23-29(24,25)28-27-21-17-12-10-8-6-4-2-1-3-5-7-9-11-16-20-26-22-18-14-13-15-19-22;;/h13-15,18-19H,1-12,16-17,20-21H2,(H2,23,24,25);;/q;2*+1/p-2. The Balaban J connectivity index is 0. The first kappa shape index (κ1) is 35.5. The summed E-state index contributed by atoms with van der Waals surface area (Å²) in [5, 5.41) is 0. The number of benzene rings is 1. The third kappa shape index (κ3) is 26.8. The van der Waals surface area contributed by atoms with Gasteiger partial charge in [-0.1, -0.05) is 95.2 Å². The fraction of sp³-hybridized carbons (Fsp3) is 0.727. The Morgan fingerprint density at radius 3 is 1.42 bits per heavy atom. The largest absolute Gasteiger partial charge is 1.00 e. The van der Waals surface area contributed by atoms with E-state index in [1.165, 1.54) is 64.2 Å². The van der Waals surface area contributed by atoms with Crippen LogP contribution in [0.15, 0.2) is 30.3 Å². The average Bonchev–Trinajstić information content (AvgIpc) is 2.69. The first-order valence-electron chi connectivity index (χ1n) is 11.1. The number of ether oxygens (including phenoxy) is 1. The van der Waals surface area contributed by atoms with Crippen LogP contribution in [-0.4, -0.2) is 13.2 Å². The molecule has 0 saturated carbocycles. The molecule has 0 aliphatic rings. The maximum absolute atomic E-state index is 10.2. The molecule has 0 bridgehead atoms. The second-order valence-corrected chi connectivity index (χ2v) is 8.50. The van der Waals surface area contributed by atoms with Crippen molar-refractivity contribution in [2.45, 2.75) is 89.9 Å². The number of phosphoric acid groups is 1. The van der Waals surface area contributed by atoms with Crippen LogP contribution in [-0.2, 0) is 14.1 Å². The van der Waals surface area contributed by atoms with Crippen LogP contribution in [0.5, 0.6) is 5.75 Å². The third-order valence-corrected chi connectivity index (χ3v) is 5.07. The molecular formula is C22H37K2O6P. The molecule has 0 aromatic heterocycles. The molecule has 0 unspecified atom stereocenters. The van der Waals surface area contributed by atoms with E-state index in [9.17, 15) is 14.4 Å². The monoisotopic (exact) mass is 506 g/mol. The zero-order chi connectivity index (χ0) is 21.0. The van der Waals surface area contributed by atoms with Crippen molar-refractivity contribution >= 4 is 7.82 Å². The van der Waals surface area contributed by atoms with Crippen LogP contribution >= 0.6 is 7.82 Å². The third-order valence-electron chi connectivity index (χ3n) is 4.78. The Morgan fingerprint density at radius 1 is 0.613 bits per heavy atom. The van der Waals surface area contributed by atoms with Gasteiger partial charge in [-0.3, -0.25) is 0 Å². The molecule has 0 saturated heterocycles. The summed E-state index contributed by atoms with van der Waals surface area (Å²) in [7, 11) is -4.99. The maximum atomic E-state index is 10.2. The molecule has 0 atom stereocenters. The number of hydrogen-bond donors (Lipinski definition) is 0. The van der Waals surface area contributed by atoms with Crippen LogP contribution in [0.1, 0.15) is 89.9 Å². The van der Waals surface area contributed by atoms with Gasteiger partial charge in [-0.05, 0) is 25.0 Å². The van der Waals surface area contributed by atoms with E-state index in [1.54, 1.807) is 0 Å². The van der Waals surface area contributed by atoms with Crippen molar-refractivity contribution in [1.82, 2.24) is 0 Å². The summed E-state index contributed by atoms with van der Waals surface area (Å²) in [6.45, 7) is 0.960. The van der Waals surface area contributed by atoms with Gasteiger partial charge in [0.2, 0.25) is 0 Å². The molecule has 0 aliphatic carbocycles. The molecule has 1 rings (SSSR count). The predicted molar refractivity (Wildman–Crippen MR) is 111 cm³/mol. The van der Waals surface area contributed by atoms with E-state index in [0.29, 0.717) is 6.42 Å². The van der Waals surface area contributed by atoms with Gasteiger partial charge >= 0.3 is 103 Å². The summed E-state index contributed by atoms with van der Waals surface area (Å²) in [5.74, 6) is 0.963. The van der Waals surface area contributed by atoms with Crippen molar-refractivity contribution in [3.63, 3.8) is 0 Å². The molecule has 168 valence electrons. The fourth-order valence-electron chi connectivity index (χ4n) is 3.19. The molecule has 0 N–H and O–H groups in total. The summed E-state index contributed by atoms with van der Waals surface area (Å²) in [6, 6.07) is 10.00. The fourth-order valence-corrected chi connectivity index (χ4v) is 3.40. The summed E-state index contributed by atoms with van der Waals surface area (Å²) >= 11 is 0. The molecule has 0 heterocycles. The van der Waals surface area contributed by atoms with Crippen molar-refractivity contribution in [1.29, 1.82) is 0 Å². The van der Waals surface area contributed by atoms with E-state index in [2.05, 4.69) is 9.56 Å². The average molecular weight is 507 g/mol. The molecule has 1 aromatic carbocycles. The van der Waals surface area contributed by atoms with E-state index in [-0.39, 0.29) is 109 Å². The topological polar surface area (TPSA) is 90.9 Å². The van der Waals surface area contributed by atoms with Crippen LogP contribution < -0.4 is 117 Å². The maximum Gasteiger partial charge on any atom is 1.00 e. The van der Waals surface area contributed by atoms with Crippen LogP contribution in [0.3, 0.4) is 0 Å². The predicted octanol–water partition coefficient (Wildman–Crippen LogP) is -0.688. The van der Waals surface area contributed by atoms with E-state index in [1.807, 2.05) is 30.3 Å². The SMILES string of the molecule is O=P([O-])([O-])OOCCCCCCCCCCCCCCCCOc1ccccc1.[K+].[K+]. The first-order chi connectivity index (χ1) is 14.1. The first-order valence-corrected chi connectivity index (χ1v) is 12.5. The summed E-state index contributed by atoms with van der Waals surface area (Å²) < 4.78 is 19.6. The van der Waals surface area contributed by atoms with Crippen molar-refractivity contribution in [2.75, 3.05) is 13.2 Å². The number of para-hydroxylation sites is 1. The van der Waals surface area contributed by atoms with Gasteiger partial charge in [0.15, 0.2) is 0 Å². The van der Waals surface area contributed by atoms with Gasteiger partial charge in [0.1, 0.15) is 13.6 Å². The second kappa shape index (κ2) is 25.5. The normalized spacial score (nSPS) is 10.9. The minimum absolute atomic E-state index is 0. The number of hydrogen-bond acceptors (Lipinski definition) is 6. The quantitative estimate of drug-likeness (QED) is 0.0765. The second-order valence-electron chi connectivity index (χ2n) is 7.45. The van der Waals surface area contributed by atoms with E-state index in [0.717, 1.165) is 31.6 Å². The molecule has 1 aromatic rings. The Morgan fingerprint density at radius 2 is 1.00 bits per heavy atom. The van der Waals surface area contributed by atoms with E-state index < -0.39 is 7.82 Å². The summed E-state index contributed by atoms with van der Waals surface area (Å²) in [5.41, 5.74) is 0. The van der Waals surface area contributed by atoms with Crippen molar-refractivity contribution in [3.05, 3.63) is 30.3 Å². The van der Waals surface area contributed by atoms with Crippen LogP contribution in [0.4, 0.5) is 0 Å². The van der Waals surface area contributed by atoms with Gasteiger partial charge in [-0.15, -0.1) is 0 Å². The van der Waals surface area contributed by atoms with Gasteiger partial charge in [0.25, 0.3) is 0 Å². The Labute approximate surface area is 274 Å². The zero-order valence-corrected chi connectivity index (χ0v) is 26.7. The van der Waals surface area contributed by atoms with Crippen LogP contribution in [0.2, 0.25) is 0 Å². The number of rotatable bonds is 20. The molecule has 0 radical (unpaired) electrons. The Bertz CT molecular complexity index is 530. The molecule has 0 amide bonds. The molecule has 9 heteroatoms. The van der Waals surface area contributed by atoms with Gasteiger partial charge in [0.05, 0.1) is 13.2 Å². The molecule has 31 heavy (non-hydrogen) atoms. The van der Waals surface area contributed by atoms with Gasteiger partial charge in [-0.25, -0.2) is 9.56 Å². The Kier molecular flexibility index (Phi) is 29.2. The van der Waals surface area contributed by atoms with Gasteiger partial charge in [-0.2, -0.15) is 0 Å². The van der Waals surface area contributed by atoms with Crippen molar-refractivity contribution in [3.8, 4) is 5.75 Å². The zero-order valence-electron chi connectivity index (χ0n) is 19.6. The molecule has 0 aliphatic heterocycles. The minimum Gasteiger partial charge on any atom is -0.788 e. The van der Waals surface area contributed by atoms with E-state index >= 15 is 0 Å². The molecule has 0 spiro atoms. The molecule has 0 fully saturated rings. The van der Waals surface area contributed by atoms with Crippen LogP contribution in [0, 0.1) is 0 Å². The smallest absolute Gasteiger partial charge is 0.788 e. The summed E-state index contributed by atoms with van der Waals surface area (Å²) in [4.78, 5) is 24.7. The Hall–Kier alpha value is 2.36. The van der Waals surface area contributed by atoms with Gasteiger partial charge in [0, 0.05) is 0 Å². The van der Waals surface area contributed by atoms with E-state index in [4.69, 9.17) is 4.74 Å². The summed E-state index contributed by atoms with van der Waals surface area (Å²) in [6.07, 6.45) is 16.8. The molecule has 6 nitrogen and oxygen atoms in total. The van der Waals surface area contributed by atoms with Crippen molar-refractivity contribution in [2.24, 2.45) is 0 Å². The molecular weight excluding hydrogens is 469 g/mol. The minimum atomic E-state index is -4.99. The van der Waals surface area contributed by atoms with Crippen molar-refractivity contribution < 1.29 is 131 Å². The van der Waals surface area contributed by atoms with Gasteiger partial charge < -0.3 is 19.1 Å².